The van der Waals surface area contributed by atoms with Gasteiger partial charge in [-0.3, -0.25) is 4.79 Å². The van der Waals surface area contributed by atoms with Crippen LogP contribution >= 0.6 is 0 Å². The zero-order valence-corrected chi connectivity index (χ0v) is 13.4. The van der Waals surface area contributed by atoms with Gasteiger partial charge in [0, 0.05) is 18.5 Å². The smallest absolute Gasteiger partial charge is 0.339 e. The predicted octanol–water partition coefficient (Wildman–Crippen LogP) is 3.09. The van der Waals surface area contributed by atoms with Crippen molar-refractivity contribution in [3.8, 4) is 0 Å². The molecule has 1 aromatic carbocycles. The fourth-order valence-corrected chi connectivity index (χ4v) is 4.01. The van der Waals surface area contributed by atoms with Crippen LogP contribution in [0.3, 0.4) is 0 Å². The third-order valence-electron chi connectivity index (χ3n) is 5.33. The average molecular weight is 313 g/mol. The highest BCUT2D eigenvalue weighted by Gasteiger charge is 2.42. The van der Waals surface area contributed by atoms with Gasteiger partial charge in [-0.25, -0.2) is 4.79 Å². The number of nitrogens with zero attached hydrogens (tertiary/aromatic N) is 1. The van der Waals surface area contributed by atoms with Crippen LogP contribution in [-0.2, 0) is 16.0 Å². The Morgan fingerprint density at radius 1 is 1.00 bits per heavy atom. The lowest BCUT2D eigenvalue weighted by molar-refractivity contribution is -0.145. The summed E-state index contributed by atoms with van der Waals surface area (Å²) in [5, 5.41) is 0. The molecule has 1 aliphatic heterocycles. The molecule has 4 nitrogen and oxygen atoms in total. The Morgan fingerprint density at radius 3 is 2.43 bits per heavy atom. The van der Waals surface area contributed by atoms with E-state index in [1.165, 1.54) is 19.3 Å². The lowest BCUT2D eigenvalue weighted by Crippen LogP contribution is -2.50. The van der Waals surface area contributed by atoms with Crippen LogP contribution in [0.2, 0.25) is 0 Å². The lowest BCUT2D eigenvalue weighted by atomic mass is 9.92. The number of benzene rings is 1. The molecule has 0 bridgehead atoms. The molecule has 2 fully saturated rings. The zero-order valence-electron chi connectivity index (χ0n) is 13.4. The Labute approximate surface area is 136 Å². The first-order valence-electron chi connectivity index (χ1n) is 8.85. The van der Waals surface area contributed by atoms with Crippen LogP contribution in [0.1, 0.15) is 60.9 Å². The Kier molecular flexibility index (Phi) is 3.83. The van der Waals surface area contributed by atoms with Crippen molar-refractivity contribution in [3.63, 3.8) is 0 Å². The fraction of sp³-hybridized carbons (Fsp3) is 0.579. The number of rotatable bonds is 3. The van der Waals surface area contributed by atoms with E-state index in [0.29, 0.717) is 24.1 Å². The number of esters is 1. The van der Waals surface area contributed by atoms with Crippen molar-refractivity contribution < 1.29 is 14.3 Å². The minimum atomic E-state index is -0.639. The third kappa shape index (κ3) is 2.87. The first-order valence-corrected chi connectivity index (χ1v) is 8.85. The van der Waals surface area contributed by atoms with E-state index in [1.54, 1.807) is 6.07 Å². The summed E-state index contributed by atoms with van der Waals surface area (Å²) in [5.41, 5.74) is 1.54. The summed E-state index contributed by atoms with van der Waals surface area (Å²) in [6.07, 6.45) is 7.94. The summed E-state index contributed by atoms with van der Waals surface area (Å²) in [6.45, 7) is 0. The number of hydrogen-bond acceptors (Lipinski definition) is 3. The molecule has 0 aromatic heterocycles. The molecule has 0 spiro atoms. The molecule has 122 valence electrons. The summed E-state index contributed by atoms with van der Waals surface area (Å²) in [4.78, 5) is 27.3. The van der Waals surface area contributed by atoms with Crippen molar-refractivity contribution in [1.29, 1.82) is 0 Å². The highest BCUT2D eigenvalue weighted by Crippen LogP contribution is 2.35. The molecule has 23 heavy (non-hydrogen) atoms. The number of carbonyl (C=O) groups excluding carboxylic acids is 2. The maximum absolute atomic E-state index is 13.1. The Balaban J connectivity index is 1.54. The number of carbonyl (C=O) groups is 2. The predicted molar refractivity (Wildman–Crippen MR) is 86.1 cm³/mol. The van der Waals surface area contributed by atoms with Crippen molar-refractivity contribution in [2.24, 2.45) is 0 Å². The van der Waals surface area contributed by atoms with Crippen LogP contribution in [0.25, 0.3) is 0 Å². The SMILES string of the molecule is O=C1OC(C(=O)N(C2CCCCC2)C2CC2)Cc2ccccc21. The summed E-state index contributed by atoms with van der Waals surface area (Å²) in [5.74, 6) is -0.327. The van der Waals surface area contributed by atoms with Gasteiger partial charge >= 0.3 is 5.97 Å². The van der Waals surface area contributed by atoms with Crippen LogP contribution in [0.5, 0.6) is 0 Å². The number of amides is 1. The number of fused-ring (bicyclic) bond motifs is 1. The first kappa shape index (κ1) is 14.7. The standard InChI is InChI=1S/C19H23NO3/c21-18(20(15-10-11-15)14-7-2-1-3-8-14)17-12-13-6-4-5-9-16(13)19(22)23-17/h4-6,9,14-15,17H,1-3,7-8,10-12H2. The molecule has 0 saturated heterocycles. The van der Waals surface area contributed by atoms with Gasteiger partial charge in [-0.15, -0.1) is 0 Å². The van der Waals surface area contributed by atoms with Crippen LogP contribution in [0.4, 0.5) is 0 Å². The highest BCUT2D eigenvalue weighted by atomic mass is 16.5. The largest absolute Gasteiger partial charge is 0.448 e. The van der Waals surface area contributed by atoms with Crippen LogP contribution in [0, 0.1) is 0 Å². The van der Waals surface area contributed by atoms with Gasteiger partial charge in [0.15, 0.2) is 6.10 Å². The molecule has 2 aliphatic carbocycles. The molecule has 2 saturated carbocycles. The second-order valence-corrected chi connectivity index (χ2v) is 7.02. The maximum Gasteiger partial charge on any atom is 0.339 e. The molecule has 4 heteroatoms. The normalized spacial score (nSPS) is 24.7. The van der Waals surface area contributed by atoms with Gasteiger partial charge in [0.2, 0.25) is 0 Å². The average Bonchev–Trinajstić information content (AvgIpc) is 3.41. The van der Waals surface area contributed by atoms with E-state index in [4.69, 9.17) is 4.74 Å². The first-order chi connectivity index (χ1) is 11.2. The Morgan fingerprint density at radius 2 is 1.70 bits per heavy atom. The fourth-order valence-electron chi connectivity index (χ4n) is 4.01. The molecule has 1 amide bonds. The number of cyclic esters (lactones) is 1. The van der Waals surface area contributed by atoms with Gasteiger partial charge in [0.1, 0.15) is 0 Å². The van der Waals surface area contributed by atoms with E-state index in [-0.39, 0.29) is 11.9 Å². The summed E-state index contributed by atoms with van der Waals surface area (Å²) in [6, 6.07) is 8.18. The minimum Gasteiger partial charge on any atom is -0.448 e. The van der Waals surface area contributed by atoms with Crippen LogP contribution in [-0.4, -0.2) is 35.0 Å². The second kappa shape index (κ2) is 5.99. The molecule has 0 N–H and O–H groups in total. The molecular formula is C19H23NO3. The highest BCUT2D eigenvalue weighted by molar-refractivity contribution is 5.96. The van der Waals surface area contributed by atoms with Gasteiger partial charge in [0.25, 0.3) is 5.91 Å². The van der Waals surface area contributed by atoms with E-state index in [1.807, 2.05) is 18.2 Å². The summed E-state index contributed by atoms with van der Waals surface area (Å²) >= 11 is 0. The third-order valence-corrected chi connectivity index (χ3v) is 5.33. The number of ether oxygens (including phenoxy) is 1. The van der Waals surface area contributed by atoms with E-state index in [2.05, 4.69) is 4.90 Å². The van der Waals surface area contributed by atoms with Gasteiger partial charge in [0.05, 0.1) is 5.56 Å². The second-order valence-electron chi connectivity index (χ2n) is 7.02. The van der Waals surface area contributed by atoms with E-state index in [0.717, 1.165) is 31.2 Å². The topological polar surface area (TPSA) is 46.6 Å². The van der Waals surface area contributed by atoms with Crippen molar-refractivity contribution in [2.75, 3.05) is 0 Å². The monoisotopic (exact) mass is 313 g/mol. The van der Waals surface area contributed by atoms with E-state index >= 15 is 0 Å². The quantitative estimate of drug-likeness (QED) is 0.806. The molecule has 0 radical (unpaired) electrons. The molecule has 1 atom stereocenters. The van der Waals surface area contributed by atoms with E-state index in [9.17, 15) is 9.59 Å². The molecular weight excluding hydrogens is 290 g/mol. The molecule has 4 rings (SSSR count). The van der Waals surface area contributed by atoms with Gasteiger partial charge in [-0.2, -0.15) is 0 Å². The molecule has 1 heterocycles. The van der Waals surface area contributed by atoms with Gasteiger partial charge in [-0.05, 0) is 37.3 Å². The Hall–Kier alpha value is -1.84. The molecule has 3 aliphatic rings. The van der Waals surface area contributed by atoms with Crippen LogP contribution < -0.4 is 0 Å². The van der Waals surface area contributed by atoms with Crippen molar-refractivity contribution in [3.05, 3.63) is 35.4 Å². The Bertz CT molecular complexity index is 617. The van der Waals surface area contributed by atoms with Gasteiger partial charge in [-0.1, -0.05) is 37.5 Å². The van der Waals surface area contributed by atoms with Crippen molar-refractivity contribution >= 4 is 11.9 Å². The maximum atomic E-state index is 13.1. The molecule has 1 aromatic rings. The van der Waals surface area contributed by atoms with E-state index < -0.39 is 6.10 Å². The zero-order chi connectivity index (χ0) is 15.8. The van der Waals surface area contributed by atoms with Crippen molar-refractivity contribution in [1.82, 2.24) is 4.90 Å². The van der Waals surface area contributed by atoms with Crippen LogP contribution in [0.15, 0.2) is 24.3 Å². The molecule has 1 unspecified atom stereocenters. The summed E-state index contributed by atoms with van der Waals surface area (Å²) in [7, 11) is 0. The lowest BCUT2D eigenvalue weighted by Gasteiger charge is -2.37. The summed E-state index contributed by atoms with van der Waals surface area (Å²) < 4.78 is 5.49. The van der Waals surface area contributed by atoms with Gasteiger partial charge < -0.3 is 9.64 Å². The number of hydrogen-bond donors (Lipinski definition) is 0. The van der Waals surface area contributed by atoms with Crippen molar-refractivity contribution in [2.45, 2.75) is 69.6 Å². The minimum absolute atomic E-state index is 0.0299.